The van der Waals surface area contributed by atoms with Crippen LogP contribution in [0.5, 0.6) is 0 Å². The zero-order chi connectivity index (χ0) is 22.8. The van der Waals surface area contributed by atoms with Crippen molar-refractivity contribution in [2.24, 2.45) is 5.92 Å². The molecule has 7 nitrogen and oxygen atoms in total. The molecule has 1 aliphatic carbocycles. The Kier molecular flexibility index (Phi) is 10.7. The molecule has 2 aliphatic rings. The first-order valence-corrected chi connectivity index (χ1v) is 12.9. The van der Waals surface area contributed by atoms with E-state index < -0.39 is 6.04 Å². The Morgan fingerprint density at radius 2 is 1.84 bits per heavy atom. The van der Waals surface area contributed by atoms with E-state index in [1.54, 1.807) is 4.90 Å². The average molecular weight is 557 g/mol. The second kappa shape index (κ2) is 13.5. The molecule has 1 aromatic rings. The van der Waals surface area contributed by atoms with Crippen LogP contribution in [0.25, 0.3) is 0 Å². The Balaban J connectivity index is 1.86. The number of benzene rings is 1. The van der Waals surface area contributed by atoms with Gasteiger partial charge in [0.05, 0.1) is 25.4 Å². The Labute approximate surface area is 204 Å². The molecule has 1 atom stereocenters. The molecule has 0 aromatic heterocycles. The normalized spacial score (nSPS) is 18.8. The van der Waals surface area contributed by atoms with Crippen molar-refractivity contribution in [3.63, 3.8) is 0 Å². The number of hydrogen-bond donors (Lipinski definition) is 3. The largest absolute Gasteiger partial charge is 0.394 e. The molecule has 0 bridgehead atoms. The van der Waals surface area contributed by atoms with Gasteiger partial charge in [0.2, 0.25) is 5.91 Å². The van der Waals surface area contributed by atoms with Crippen LogP contribution in [0.15, 0.2) is 24.3 Å². The van der Waals surface area contributed by atoms with E-state index >= 15 is 0 Å². The van der Waals surface area contributed by atoms with Crippen molar-refractivity contribution < 1.29 is 19.4 Å². The summed E-state index contributed by atoms with van der Waals surface area (Å²) < 4.78 is 6.38. The number of aliphatic hydroxyl groups excluding tert-OH is 1. The fourth-order valence-corrected chi connectivity index (χ4v) is 5.41. The molecule has 0 radical (unpaired) electrons. The highest BCUT2D eigenvalue weighted by molar-refractivity contribution is 14.1. The number of hydrogen-bond acceptors (Lipinski definition) is 5. The lowest BCUT2D eigenvalue weighted by Gasteiger charge is -2.39. The highest BCUT2D eigenvalue weighted by Crippen LogP contribution is 2.26. The van der Waals surface area contributed by atoms with Crippen molar-refractivity contribution in [1.29, 1.82) is 0 Å². The second-order valence-corrected chi connectivity index (χ2v) is 9.85. The van der Waals surface area contributed by atoms with Gasteiger partial charge in [-0.05, 0) is 79.4 Å². The summed E-state index contributed by atoms with van der Waals surface area (Å²) in [7, 11) is 0. The maximum atomic E-state index is 13.7. The van der Waals surface area contributed by atoms with Crippen molar-refractivity contribution >= 4 is 34.4 Å². The maximum absolute atomic E-state index is 13.7. The van der Waals surface area contributed by atoms with Crippen LogP contribution in [-0.4, -0.2) is 73.4 Å². The van der Waals surface area contributed by atoms with Crippen LogP contribution >= 0.6 is 22.6 Å². The molecular formula is C24H36IN3O4. The Bertz CT molecular complexity index is 736. The predicted molar refractivity (Wildman–Crippen MR) is 132 cm³/mol. The van der Waals surface area contributed by atoms with Gasteiger partial charge in [0.15, 0.2) is 0 Å². The molecule has 3 N–H and O–H groups in total. The minimum atomic E-state index is -0.528. The number of ether oxygens (including phenoxy) is 1. The summed E-state index contributed by atoms with van der Waals surface area (Å²) >= 11 is 2.18. The van der Waals surface area contributed by atoms with Gasteiger partial charge in [-0.15, -0.1) is 0 Å². The SMILES string of the molecule is O=C(NC1CCCCC1)C(C1CCNCC1)N(CCOCCO)C(=O)c1ccccc1I. The number of halogens is 1. The summed E-state index contributed by atoms with van der Waals surface area (Å²) in [6.07, 6.45) is 7.24. The average Bonchev–Trinajstić information content (AvgIpc) is 2.82. The first-order chi connectivity index (χ1) is 15.6. The van der Waals surface area contributed by atoms with Crippen LogP contribution < -0.4 is 10.6 Å². The molecule has 2 amide bonds. The molecule has 32 heavy (non-hydrogen) atoms. The number of aliphatic hydroxyl groups is 1. The number of nitrogens with zero attached hydrogens (tertiary/aromatic N) is 1. The minimum absolute atomic E-state index is 0.0368. The Morgan fingerprint density at radius 1 is 1.12 bits per heavy atom. The predicted octanol–water partition coefficient (Wildman–Crippen LogP) is 2.56. The molecule has 0 spiro atoms. The van der Waals surface area contributed by atoms with E-state index in [0.29, 0.717) is 12.1 Å². The molecule has 1 saturated heterocycles. The standard InChI is InChI=1S/C24H36IN3O4/c25-21-9-5-4-8-20(21)24(31)28(14-16-32-17-15-29)22(18-10-12-26-13-11-18)23(30)27-19-6-2-1-3-7-19/h4-5,8-9,18-19,22,26,29H,1-3,6-7,10-17H2,(H,27,30). The summed E-state index contributed by atoms with van der Waals surface area (Å²) in [4.78, 5) is 29.1. The number of piperidine rings is 1. The molecule has 1 heterocycles. The summed E-state index contributed by atoms with van der Waals surface area (Å²) in [6, 6.07) is 7.17. The molecule has 8 heteroatoms. The maximum Gasteiger partial charge on any atom is 0.255 e. The van der Waals surface area contributed by atoms with Crippen LogP contribution in [-0.2, 0) is 9.53 Å². The fourth-order valence-electron chi connectivity index (χ4n) is 4.79. The van der Waals surface area contributed by atoms with Gasteiger partial charge in [0.25, 0.3) is 5.91 Å². The summed E-state index contributed by atoms with van der Waals surface area (Å²) in [5, 5.41) is 15.7. The molecule has 1 unspecified atom stereocenters. The Morgan fingerprint density at radius 3 is 2.53 bits per heavy atom. The zero-order valence-electron chi connectivity index (χ0n) is 18.7. The number of nitrogens with one attached hydrogen (secondary N) is 2. The van der Waals surface area contributed by atoms with Crippen LogP contribution in [0.2, 0.25) is 0 Å². The van der Waals surface area contributed by atoms with Crippen LogP contribution in [0.4, 0.5) is 0 Å². The van der Waals surface area contributed by atoms with Crippen molar-refractivity contribution in [3.8, 4) is 0 Å². The number of carbonyl (C=O) groups excluding carboxylic acids is 2. The second-order valence-electron chi connectivity index (χ2n) is 8.69. The lowest BCUT2D eigenvalue weighted by atomic mass is 9.87. The van der Waals surface area contributed by atoms with Gasteiger partial charge in [-0.1, -0.05) is 31.4 Å². The summed E-state index contributed by atoms with van der Waals surface area (Å²) in [5.41, 5.74) is 0.611. The van der Waals surface area contributed by atoms with Gasteiger partial charge in [0.1, 0.15) is 6.04 Å². The third-order valence-corrected chi connectivity index (χ3v) is 7.40. The highest BCUT2D eigenvalue weighted by Gasteiger charge is 2.38. The minimum Gasteiger partial charge on any atom is -0.394 e. The lowest BCUT2D eigenvalue weighted by Crippen LogP contribution is -2.57. The van der Waals surface area contributed by atoms with Crippen LogP contribution in [0.3, 0.4) is 0 Å². The molecule has 3 rings (SSSR count). The molecule has 1 saturated carbocycles. The van der Waals surface area contributed by atoms with Crippen molar-refractivity contribution in [3.05, 3.63) is 33.4 Å². The van der Waals surface area contributed by atoms with E-state index in [4.69, 9.17) is 9.84 Å². The van der Waals surface area contributed by atoms with Gasteiger partial charge in [-0.3, -0.25) is 9.59 Å². The zero-order valence-corrected chi connectivity index (χ0v) is 20.9. The molecule has 1 aliphatic heterocycles. The topological polar surface area (TPSA) is 90.9 Å². The first kappa shape index (κ1) is 25.4. The molecule has 178 valence electrons. The van der Waals surface area contributed by atoms with E-state index in [9.17, 15) is 9.59 Å². The third-order valence-electron chi connectivity index (χ3n) is 6.46. The van der Waals surface area contributed by atoms with Gasteiger partial charge in [0, 0.05) is 16.2 Å². The quantitative estimate of drug-likeness (QED) is 0.304. The van der Waals surface area contributed by atoms with Gasteiger partial charge in [-0.2, -0.15) is 0 Å². The summed E-state index contributed by atoms with van der Waals surface area (Å²) in [5.74, 6) is -0.0711. The van der Waals surface area contributed by atoms with E-state index in [1.165, 1.54) is 6.42 Å². The number of amides is 2. The Hall–Kier alpha value is -1.23. The van der Waals surface area contributed by atoms with E-state index in [1.807, 2.05) is 24.3 Å². The van der Waals surface area contributed by atoms with E-state index in [2.05, 4.69) is 33.2 Å². The highest BCUT2D eigenvalue weighted by atomic mass is 127. The summed E-state index contributed by atoms with van der Waals surface area (Å²) in [6.45, 7) is 2.46. The van der Waals surface area contributed by atoms with Gasteiger partial charge >= 0.3 is 0 Å². The van der Waals surface area contributed by atoms with Gasteiger partial charge < -0.3 is 25.4 Å². The molecule has 1 aromatic carbocycles. The van der Waals surface area contributed by atoms with Crippen molar-refractivity contribution in [2.75, 3.05) is 39.5 Å². The lowest BCUT2D eigenvalue weighted by molar-refractivity contribution is -0.129. The molecule has 2 fully saturated rings. The van der Waals surface area contributed by atoms with Crippen LogP contribution in [0, 0.1) is 9.49 Å². The van der Waals surface area contributed by atoms with Crippen molar-refractivity contribution in [1.82, 2.24) is 15.5 Å². The van der Waals surface area contributed by atoms with E-state index in [-0.39, 0.29) is 43.6 Å². The van der Waals surface area contributed by atoms with Crippen molar-refractivity contribution in [2.45, 2.75) is 57.0 Å². The first-order valence-electron chi connectivity index (χ1n) is 11.9. The smallest absolute Gasteiger partial charge is 0.255 e. The van der Waals surface area contributed by atoms with Gasteiger partial charge in [-0.25, -0.2) is 0 Å². The van der Waals surface area contributed by atoms with Crippen LogP contribution in [0.1, 0.15) is 55.3 Å². The molecular weight excluding hydrogens is 521 g/mol. The monoisotopic (exact) mass is 557 g/mol. The number of carbonyl (C=O) groups is 2. The van der Waals surface area contributed by atoms with E-state index in [0.717, 1.165) is 55.2 Å². The fraction of sp³-hybridized carbons (Fsp3) is 0.667. The third kappa shape index (κ3) is 7.13. The number of rotatable bonds is 10.